The summed E-state index contributed by atoms with van der Waals surface area (Å²) >= 11 is 2.19. The normalized spacial score (nSPS) is 10.4. The molecule has 1 N–H and O–H groups in total. The van der Waals surface area contributed by atoms with E-state index in [2.05, 4.69) is 43.3 Å². The van der Waals surface area contributed by atoms with Crippen LogP contribution in [0, 0.1) is 3.57 Å². The smallest absolute Gasteiger partial charge is 0.248 e. The summed E-state index contributed by atoms with van der Waals surface area (Å²) in [5.74, 6) is 0.307. The van der Waals surface area contributed by atoms with Crippen LogP contribution in [0.5, 0.6) is 0 Å². The van der Waals surface area contributed by atoms with E-state index in [1.807, 2.05) is 54.6 Å². The molecule has 0 saturated carbocycles. The fourth-order valence-corrected chi connectivity index (χ4v) is 2.45. The Morgan fingerprint density at radius 1 is 1.14 bits per heavy atom. The Kier molecular flexibility index (Phi) is 4.42. The lowest BCUT2D eigenvalue weighted by molar-refractivity contribution is -0.117. The van der Waals surface area contributed by atoms with E-state index in [0.717, 1.165) is 14.8 Å². The van der Waals surface area contributed by atoms with Crippen molar-refractivity contribution in [1.82, 2.24) is 20.2 Å². The molecule has 0 unspecified atom stereocenters. The molecule has 1 heterocycles. The highest BCUT2D eigenvalue weighted by Gasteiger charge is 2.09. The van der Waals surface area contributed by atoms with Crippen LogP contribution < -0.4 is 5.32 Å². The number of benzene rings is 2. The van der Waals surface area contributed by atoms with Gasteiger partial charge < -0.3 is 5.32 Å². The van der Waals surface area contributed by atoms with Gasteiger partial charge >= 0.3 is 0 Å². The van der Waals surface area contributed by atoms with E-state index >= 15 is 0 Å². The number of anilines is 1. The van der Waals surface area contributed by atoms with E-state index in [9.17, 15) is 4.79 Å². The minimum atomic E-state index is -0.195. The van der Waals surface area contributed by atoms with E-state index in [0.29, 0.717) is 5.82 Å². The molecule has 0 aliphatic carbocycles. The summed E-state index contributed by atoms with van der Waals surface area (Å²) in [6.45, 7) is 0.0192. The van der Waals surface area contributed by atoms with Gasteiger partial charge in [-0.15, -0.1) is 10.2 Å². The van der Waals surface area contributed by atoms with E-state index in [4.69, 9.17) is 0 Å². The van der Waals surface area contributed by atoms with Gasteiger partial charge in [-0.25, -0.2) is 0 Å². The molecule has 0 fully saturated rings. The topological polar surface area (TPSA) is 72.7 Å². The summed E-state index contributed by atoms with van der Waals surface area (Å²) in [7, 11) is 0. The zero-order valence-electron chi connectivity index (χ0n) is 11.5. The van der Waals surface area contributed by atoms with Crippen molar-refractivity contribution in [2.75, 3.05) is 5.32 Å². The predicted octanol–water partition coefficient (Wildman–Crippen LogP) is 2.58. The third kappa shape index (κ3) is 3.67. The lowest BCUT2D eigenvalue weighted by Crippen LogP contribution is -2.20. The van der Waals surface area contributed by atoms with Gasteiger partial charge in [-0.1, -0.05) is 36.4 Å². The standard InChI is InChI=1S/C15H12IN5O/c16-12-7-4-8-13(9-12)17-14(22)10-21-19-15(18-20-21)11-5-2-1-3-6-11/h1-9H,10H2,(H,17,22). The molecule has 0 bridgehead atoms. The van der Waals surface area contributed by atoms with Crippen LogP contribution in [0.25, 0.3) is 11.4 Å². The molecule has 0 radical (unpaired) electrons. The highest BCUT2D eigenvalue weighted by molar-refractivity contribution is 14.1. The highest BCUT2D eigenvalue weighted by Crippen LogP contribution is 2.13. The van der Waals surface area contributed by atoms with Gasteiger partial charge in [-0.05, 0) is 46.0 Å². The second-order valence-corrected chi connectivity index (χ2v) is 5.81. The summed E-state index contributed by atoms with van der Waals surface area (Å²) in [6, 6.07) is 17.1. The monoisotopic (exact) mass is 405 g/mol. The van der Waals surface area contributed by atoms with Crippen molar-refractivity contribution in [2.45, 2.75) is 6.54 Å². The number of carbonyl (C=O) groups is 1. The van der Waals surface area contributed by atoms with Gasteiger partial charge in [0.2, 0.25) is 11.7 Å². The second-order valence-electron chi connectivity index (χ2n) is 4.57. The van der Waals surface area contributed by atoms with Gasteiger partial charge in [0, 0.05) is 14.8 Å². The van der Waals surface area contributed by atoms with Crippen LogP contribution in [0.3, 0.4) is 0 Å². The Morgan fingerprint density at radius 2 is 1.95 bits per heavy atom. The molecule has 7 heteroatoms. The average molecular weight is 405 g/mol. The SMILES string of the molecule is O=C(Cn1nnc(-c2ccccc2)n1)Nc1cccc(I)c1. The fourth-order valence-electron chi connectivity index (χ4n) is 1.91. The zero-order valence-corrected chi connectivity index (χ0v) is 13.6. The van der Waals surface area contributed by atoms with Crippen LogP contribution in [0.15, 0.2) is 54.6 Å². The van der Waals surface area contributed by atoms with Gasteiger partial charge in [-0.3, -0.25) is 4.79 Å². The first-order chi connectivity index (χ1) is 10.7. The zero-order chi connectivity index (χ0) is 15.4. The molecule has 0 aliphatic heterocycles. The number of hydrogen-bond acceptors (Lipinski definition) is 4. The summed E-state index contributed by atoms with van der Waals surface area (Å²) in [5, 5.41) is 14.9. The molecule has 2 aromatic carbocycles. The lowest BCUT2D eigenvalue weighted by atomic mass is 10.2. The molecule has 110 valence electrons. The molecular weight excluding hydrogens is 393 g/mol. The first-order valence-corrected chi connectivity index (χ1v) is 7.67. The van der Waals surface area contributed by atoms with Gasteiger partial charge in [0.15, 0.2) is 0 Å². The minimum absolute atomic E-state index is 0.0192. The van der Waals surface area contributed by atoms with Crippen molar-refractivity contribution < 1.29 is 4.79 Å². The van der Waals surface area contributed by atoms with Crippen LogP contribution in [0.2, 0.25) is 0 Å². The van der Waals surface area contributed by atoms with Crippen LogP contribution in [0.1, 0.15) is 0 Å². The Labute approximate surface area is 140 Å². The Bertz CT molecular complexity index is 787. The molecule has 22 heavy (non-hydrogen) atoms. The van der Waals surface area contributed by atoms with Gasteiger partial charge in [-0.2, -0.15) is 4.80 Å². The van der Waals surface area contributed by atoms with Gasteiger partial charge in [0.1, 0.15) is 6.54 Å². The third-order valence-corrected chi connectivity index (χ3v) is 3.55. The predicted molar refractivity (Wildman–Crippen MR) is 91.0 cm³/mol. The maximum absolute atomic E-state index is 12.0. The molecule has 0 spiro atoms. The average Bonchev–Trinajstić information content (AvgIpc) is 2.96. The maximum Gasteiger partial charge on any atom is 0.248 e. The number of hydrogen-bond donors (Lipinski definition) is 1. The largest absolute Gasteiger partial charge is 0.324 e. The van der Waals surface area contributed by atoms with Crippen LogP contribution in [-0.2, 0) is 11.3 Å². The van der Waals surface area contributed by atoms with Crippen molar-refractivity contribution in [2.24, 2.45) is 0 Å². The first-order valence-electron chi connectivity index (χ1n) is 6.59. The number of carbonyl (C=O) groups excluding carboxylic acids is 1. The number of halogens is 1. The summed E-state index contributed by atoms with van der Waals surface area (Å²) in [6.07, 6.45) is 0. The van der Waals surface area contributed by atoms with Crippen LogP contribution in [0.4, 0.5) is 5.69 Å². The fraction of sp³-hybridized carbons (Fsp3) is 0.0667. The van der Waals surface area contributed by atoms with Crippen molar-refractivity contribution in [1.29, 1.82) is 0 Å². The second kappa shape index (κ2) is 6.65. The molecule has 0 saturated heterocycles. The van der Waals surface area contributed by atoms with Crippen molar-refractivity contribution in [3.05, 3.63) is 58.2 Å². The molecule has 3 rings (SSSR count). The summed E-state index contributed by atoms with van der Waals surface area (Å²) in [4.78, 5) is 13.3. The number of aromatic nitrogens is 4. The Morgan fingerprint density at radius 3 is 2.73 bits per heavy atom. The molecule has 0 atom stereocenters. The number of nitrogens with one attached hydrogen (secondary N) is 1. The van der Waals surface area contributed by atoms with E-state index in [1.165, 1.54) is 4.80 Å². The van der Waals surface area contributed by atoms with E-state index < -0.39 is 0 Å². The van der Waals surface area contributed by atoms with E-state index in [-0.39, 0.29) is 12.5 Å². The molecular formula is C15H12IN5O. The number of tetrazole rings is 1. The number of rotatable bonds is 4. The van der Waals surface area contributed by atoms with Crippen LogP contribution in [-0.4, -0.2) is 26.1 Å². The Balaban J connectivity index is 1.66. The quantitative estimate of drug-likeness (QED) is 0.678. The van der Waals surface area contributed by atoms with E-state index in [1.54, 1.807) is 0 Å². The minimum Gasteiger partial charge on any atom is -0.324 e. The van der Waals surface area contributed by atoms with Crippen molar-refractivity contribution in [3.8, 4) is 11.4 Å². The van der Waals surface area contributed by atoms with Crippen molar-refractivity contribution in [3.63, 3.8) is 0 Å². The molecule has 3 aromatic rings. The Hall–Kier alpha value is -2.29. The maximum atomic E-state index is 12.0. The molecule has 0 aliphatic rings. The third-order valence-electron chi connectivity index (χ3n) is 2.88. The molecule has 6 nitrogen and oxygen atoms in total. The summed E-state index contributed by atoms with van der Waals surface area (Å²) in [5.41, 5.74) is 1.62. The molecule has 1 amide bonds. The lowest BCUT2D eigenvalue weighted by Gasteiger charge is -2.04. The first kappa shape index (κ1) is 14.6. The van der Waals surface area contributed by atoms with Gasteiger partial charge in [0.05, 0.1) is 0 Å². The molecule has 1 aromatic heterocycles. The number of amides is 1. The summed E-state index contributed by atoms with van der Waals surface area (Å²) < 4.78 is 1.06. The van der Waals surface area contributed by atoms with Gasteiger partial charge in [0.25, 0.3) is 0 Å². The van der Waals surface area contributed by atoms with Crippen molar-refractivity contribution >= 4 is 34.2 Å². The van der Waals surface area contributed by atoms with Crippen LogP contribution >= 0.6 is 22.6 Å². The number of nitrogens with zero attached hydrogens (tertiary/aromatic N) is 4. The highest BCUT2D eigenvalue weighted by atomic mass is 127.